The van der Waals surface area contributed by atoms with E-state index in [0.717, 1.165) is 93.3 Å². The largest absolute Gasteiger partial charge is 0.478 e. The average molecular weight is 607 g/mol. The SMILES string of the molecule is O=C(O)c1cn(CC2CCN(Cc3ccccc3)CC2)c2ccccc12.O=C(O)c1cn(CC2CCNCC2)c2ccccc12. The van der Waals surface area contributed by atoms with Crippen LogP contribution >= 0.6 is 0 Å². The van der Waals surface area contributed by atoms with E-state index < -0.39 is 11.9 Å². The third kappa shape index (κ3) is 7.30. The van der Waals surface area contributed by atoms with E-state index in [1.165, 1.54) is 5.56 Å². The van der Waals surface area contributed by atoms with Crippen molar-refractivity contribution in [3.63, 3.8) is 0 Å². The highest BCUT2D eigenvalue weighted by Crippen LogP contribution is 2.27. The Labute approximate surface area is 263 Å². The number of nitrogens with one attached hydrogen (secondary N) is 1. The van der Waals surface area contributed by atoms with E-state index in [9.17, 15) is 19.8 Å². The van der Waals surface area contributed by atoms with E-state index in [4.69, 9.17) is 0 Å². The lowest BCUT2D eigenvalue weighted by Crippen LogP contribution is -2.34. The Hall–Kier alpha value is -4.40. The van der Waals surface area contributed by atoms with Crippen molar-refractivity contribution in [1.82, 2.24) is 19.4 Å². The molecule has 2 aliphatic rings. The number of piperidine rings is 2. The molecule has 3 N–H and O–H groups in total. The fourth-order valence-electron chi connectivity index (χ4n) is 6.93. The number of benzene rings is 3. The lowest BCUT2D eigenvalue weighted by molar-refractivity contribution is 0.0687. The van der Waals surface area contributed by atoms with Crippen molar-refractivity contribution in [2.24, 2.45) is 11.8 Å². The van der Waals surface area contributed by atoms with Gasteiger partial charge in [0, 0.05) is 53.8 Å². The number of aromatic nitrogens is 2. The molecule has 45 heavy (non-hydrogen) atoms. The number of fused-ring (bicyclic) bond motifs is 2. The van der Waals surface area contributed by atoms with Gasteiger partial charge in [-0.3, -0.25) is 4.90 Å². The Morgan fingerprint density at radius 2 is 1.11 bits per heavy atom. The van der Waals surface area contributed by atoms with E-state index in [0.29, 0.717) is 23.0 Å². The summed E-state index contributed by atoms with van der Waals surface area (Å²) in [6.07, 6.45) is 8.23. The second-order valence-electron chi connectivity index (χ2n) is 12.4. The van der Waals surface area contributed by atoms with E-state index in [2.05, 4.69) is 49.7 Å². The molecule has 3 aromatic carbocycles. The number of hydrogen-bond donors (Lipinski definition) is 3. The van der Waals surface area contributed by atoms with Gasteiger partial charge in [-0.2, -0.15) is 0 Å². The van der Waals surface area contributed by atoms with Crippen LogP contribution in [0.2, 0.25) is 0 Å². The molecule has 234 valence electrons. The van der Waals surface area contributed by atoms with Crippen molar-refractivity contribution in [1.29, 1.82) is 0 Å². The Bertz CT molecular complexity index is 1740. The zero-order chi connectivity index (χ0) is 31.2. The van der Waals surface area contributed by atoms with Crippen molar-refractivity contribution in [2.75, 3.05) is 26.2 Å². The van der Waals surface area contributed by atoms with Gasteiger partial charge in [0.2, 0.25) is 0 Å². The Morgan fingerprint density at radius 1 is 0.644 bits per heavy atom. The second kappa shape index (κ2) is 14.1. The minimum Gasteiger partial charge on any atom is -0.478 e. The number of carboxylic acid groups (broad SMARTS) is 2. The zero-order valence-corrected chi connectivity index (χ0v) is 25.6. The molecule has 2 saturated heterocycles. The van der Waals surface area contributed by atoms with Crippen LogP contribution in [0, 0.1) is 11.8 Å². The van der Waals surface area contributed by atoms with Crippen molar-refractivity contribution >= 4 is 33.7 Å². The molecule has 0 unspecified atom stereocenters. The maximum atomic E-state index is 11.5. The molecule has 0 spiro atoms. The summed E-state index contributed by atoms with van der Waals surface area (Å²) in [5, 5.41) is 23.8. The highest BCUT2D eigenvalue weighted by molar-refractivity contribution is 6.04. The summed E-state index contributed by atoms with van der Waals surface area (Å²) in [4.78, 5) is 25.3. The number of para-hydroxylation sites is 2. The predicted molar refractivity (Wildman–Crippen MR) is 178 cm³/mol. The number of aromatic carboxylic acids is 2. The van der Waals surface area contributed by atoms with Crippen LogP contribution in [-0.4, -0.2) is 62.4 Å². The van der Waals surface area contributed by atoms with Gasteiger partial charge in [0.15, 0.2) is 0 Å². The van der Waals surface area contributed by atoms with Crippen LogP contribution in [0.1, 0.15) is 52.0 Å². The molecule has 0 atom stereocenters. The highest BCUT2D eigenvalue weighted by atomic mass is 16.4. The first kappa shape index (κ1) is 30.6. The maximum Gasteiger partial charge on any atom is 0.337 e. The molecule has 5 aromatic rings. The third-order valence-electron chi connectivity index (χ3n) is 9.36. The van der Waals surface area contributed by atoms with Crippen LogP contribution in [0.3, 0.4) is 0 Å². The molecular weight excluding hydrogens is 564 g/mol. The predicted octanol–water partition coefficient (Wildman–Crippen LogP) is 6.59. The van der Waals surface area contributed by atoms with Gasteiger partial charge >= 0.3 is 11.9 Å². The van der Waals surface area contributed by atoms with Crippen LogP contribution in [0.4, 0.5) is 0 Å². The van der Waals surface area contributed by atoms with Gasteiger partial charge in [0.1, 0.15) is 0 Å². The highest BCUT2D eigenvalue weighted by Gasteiger charge is 2.22. The quantitative estimate of drug-likeness (QED) is 0.184. The van der Waals surface area contributed by atoms with Crippen LogP contribution in [0.15, 0.2) is 91.3 Å². The summed E-state index contributed by atoms with van der Waals surface area (Å²) in [5.74, 6) is -0.462. The molecular formula is C37H42N4O4. The lowest BCUT2D eigenvalue weighted by atomic mass is 9.96. The van der Waals surface area contributed by atoms with E-state index >= 15 is 0 Å². The number of hydrogen-bond acceptors (Lipinski definition) is 4. The Balaban J connectivity index is 0.000000167. The molecule has 2 aromatic heterocycles. The fraction of sp³-hybridized carbons (Fsp3) is 0.351. The molecule has 4 heterocycles. The lowest BCUT2D eigenvalue weighted by Gasteiger charge is -2.32. The minimum atomic E-state index is -0.849. The molecule has 0 radical (unpaired) electrons. The first-order valence-corrected chi connectivity index (χ1v) is 16.1. The normalized spacial score (nSPS) is 16.4. The molecule has 8 heteroatoms. The molecule has 2 fully saturated rings. The second-order valence-corrected chi connectivity index (χ2v) is 12.4. The first-order valence-electron chi connectivity index (χ1n) is 16.1. The van der Waals surface area contributed by atoms with Crippen molar-refractivity contribution in [3.05, 3.63) is 108 Å². The van der Waals surface area contributed by atoms with Gasteiger partial charge in [0.25, 0.3) is 0 Å². The maximum absolute atomic E-state index is 11.5. The van der Waals surface area contributed by atoms with Crippen molar-refractivity contribution < 1.29 is 19.8 Å². The molecule has 0 saturated carbocycles. The molecule has 2 aliphatic heterocycles. The topological polar surface area (TPSA) is 99.7 Å². The van der Waals surface area contributed by atoms with Crippen LogP contribution in [0.25, 0.3) is 21.8 Å². The summed E-state index contributed by atoms with van der Waals surface area (Å²) in [5.41, 5.74) is 4.23. The molecule has 8 nitrogen and oxygen atoms in total. The van der Waals surface area contributed by atoms with E-state index in [1.54, 1.807) is 6.20 Å². The Kier molecular flexibility index (Phi) is 9.62. The van der Waals surface area contributed by atoms with E-state index in [1.807, 2.05) is 54.7 Å². The van der Waals surface area contributed by atoms with Gasteiger partial charge < -0.3 is 24.7 Å². The van der Waals surface area contributed by atoms with Gasteiger partial charge in [-0.25, -0.2) is 9.59 Å². The smallest absolute Gasteiger partial charge is 0.337 e. The average Bonchev–Trinajstić information content (AvgIpc) is 3.62. The van der Waals surface area contributed by atoms with Gasteiger partial charge in [-0.1, -0.05) is 66.7 Å². The summed E-state index contributed by atoms with van der Waals surface area (Å²) in [6.45, 7) is 7.16. The third-order valence-corrected chi connectivity index (χ3v) is 9.36. The molecule has 0 amide bonds. The number of nitrogens with zero attached hydrogens (tertiary/aromatic N) is 3. The van der Waals surface area contributed by atoms with Gasteiger partial charge in [-0.15, -0.1) is 0 Å². The minimum absolute atomic E-state index is 0.405. The Morgan fingerprint density at radius 3 is 1.62 bits per heavy atom. The monoisotopic (exact) mass is 606 g/mol. The van der Waals surface area contributed by atoms with E-state index in [-0.39, 0.29) is 0 Å². The molecule has 7 rings (SSSR count). The number of likely N-dealkylation sites (tertiary alicyclic amines) is 1. The number of carboxylic acids is 2. The van der Waals surface area contributed by atoms with Gasteiger partial charge in [-0.05, 0) is 81.4 Å². The summed E-state index contributed by atoms with van der Waals surface area (Å²) >= 11 is 0. The fourth-order valence-corrected chi connectivity index (χ4v) is 6.93. The van der Waals surface area contributed by atoms with Crippen molar-refractivity contribution in [3.8, 4) is 0 Å². The van der Waals surface area contributed by atoms with Gasteiger partial charge in [0.05, 0.1) is 11.1 Å². The first-order chi connectivity index (χ1) is 22.0. The van der Waals surface area contributed by atoms with Crippen LogP contribution in [-0.2, 0) is 19.6 Å². The zero-order valence-electron chi connectivity index (χ0n) is 25.6. The summed E-state index contributed by atoms with van der Waals surface area (Å²) in [7, 11) is 0. The number of rotatable bonds is 8. The summed E-state index contributed by atoms with van der Waals surface area (Å²) in [6, 6.07) is 26.2. The van der Waals surface area contributed by atoms with Crippen molar-refractivity contribution in [2.45, 2.75) is 45.3 Å². The van der Waals surface area contributed by atoms with Crippen LogP contribution in [0.5, 0.6) is 0 Å². The summed E-state index contributed by atoms with van der Waals surface area (Å²) < 4.78 is 4.24. The standard InChI is InChI=1S/C22H24N2O2.C15H18N2O2/c25-22(26)20-16-24(21-9-5-4-8-19(20)21)15-18-10-12-23(13-11-18)14-17-6-2-1-3-7-17;18-15(19)13-10-17(9-11-5-7-16-8-6-11)14-4-2-1-3-12(13)14/h1-9,16,18H,10-15H2,(H,25,26);1-4,10-11,16H,5-9H2,(H,18,19). The molecule has 0 aliphatic carbocycles. The van der Waals surface area contributed by atoms with Crippen LogP contribution < -0.4 is 5.32 Å². The number of carbonyl (C=O) groups is 2. The molecule has 0 bridgehead atoms.